The van der Waals surface area contributed by atoms with Crippen molar-refractivity contribution >= 4 is 17.7 Å². The number of likely N-dealkylation sites (tertiary alicyclic amines) is 1. The molecule has 1 atom stereocenters. The van der Waals surface area contributed by atoms with Crippen molar-refractivity contribution in [3.8, 4) is 0 Å². The van der Waals surface area contributed by atoms with Gasteiger partial charge in [0.1, 0.15) is 12.0 Å². The average Bonchev–Trinajstić information content (AvgIpc) is 2.99. The van der Waals surface area contributed by atoms with E-state index in [9.17, 15) is 19.5 Å². The molecule has 2 aromatic carbocycles. The van der Waals surface area contributed by atoms with E-state index in [1.54, 1.807) is 6.92 Å². The minimum absolute atomic E-state index is 0.0231. The van der Waals surface area contributed by atoms with Gasteiger partial charge in [-0.3, -0.25) is 19.3 Å². The fraction of sp³-hybridized carbons (Fsp3) is 0.318. The highest BCUT2D eigenvalue weighted by Crippen LogP contribution is 2.42. The van der Waals surface area contributed by atoms with Crippen molar-refractivity contribution in [1.29, 1.82) is 0 Å². The summed E-state index contributed by atoms with van der Waals surface area (Å²) in [7, 11) is 0. The lowest BCUT2D eigenvalue weighted by Gasteiger charge is -2.28. The number of nitrogens with zero attached hydrogens (tertiary/aromatic N) is 1. The zero-order chi connectivity index (χ0) is 20.1. The van der Waals surface area contributed by atoms with Crippen LogP contribution < -0.4 is 5.32 Å². The van der Waals surface area contributed by atoms with Crippen LogP contribution in [0.1, 0.15) is 30.9 Å². The first-order valence-electron chi connectivity index (χ1n) is 9.39. The number of benzene rings is 2. The molecule has 0 aliphatic carbocycles. The summed E-state index contributed by atoms with van der Waals surface area (Å²) in [4.78, 5) is 39.4. The van der Waals surface area contributed by atoms with Gasteiger partial charge in [0.15, 0.2) is 0 Å². The van der Waals surface area contributed by atoms with Crippen molar-refractivity contribution in [2.75, 3.05) is 13.1 Å². The molecule has 0 aromatic heterocycles. The predicted molar refractivity (Wildman–Crippen MR) is 104 cm³/mol. The molecule has 146 valence electrons. The standard InChI is InChI=1S/C22H24N2O4/c1-2-18(25)14-23-19(26)15-24-20(27)13-22(21(24)28,16-9-5-3-6-10-16)17-11-7-4-8-12-17/h3-12,18,25H,2,13-15H2,1H3,(H,23,26). The zero-order valence-electron chi connectivity index (χ0n) is 15.8. The topological polar surface area (TPSA) is 86.7 Å². The highest BCUT2D eigenvalue weighted by molar-refractivity contribution is 6.12. The van der Waals surface area contributed by atoms with Crippen LogP contribution in [0.2, 0.25) is 0 Å². The number of carbonyl (C=O) groups is 3. The summed E-state index contributed by atoms with van der Waals surface area (Å²) in [5, 5.41) is 12.2. The molecule has 1 heterocycles. The van der Waals surface area contributed by atoms with Crippen LogP contribution in [0.15, 0.2) is 60.7 Å². The lowest BCUT2D eigenvalue weighted by Crippen LogP contribution is -2.45. The van der Waals surface area contributed by atoms with Crippen LogP contribution in [0.4, 0.5) is 0 Å². The average molecular weight is 380 g/mol. The highest BCUT2D eigenvalue weighted by atomic mass is 16.3. The number of rotatable bonds is 7. The van der Waals surface area contributed by atoms with Crippen molar-refractivity contribution < 1.29 is 19.5 Å². The Morgan fingerprint density at radius 1 is 1.07 bits per heavy atom. The monoisotopic (exact) mass is 380 g/mol. The van der Waals surface area contributed by atoms with E-state index in [0.717, 1.165) is 16.0 Å². The molecule has 1 aliphatic rings. The first kappa shape index (κ1) is 19.8. The van der Waals surface area contributed by atoms with E-state index < -0.39 is 23.3 Å². The Hall–Kier alpha value is -2.99. The fourth-order valence-corrected chi connectivity index (χ4v) is 3.54. The first-order chi connectivity index (χ1) is 13.5. The Morgan fingerprint density at radius 3 is 2.11 bits per heavy atom. The molecular formula is C22H24N2O4. The molecule has 28 heavy (non-hydrogen) atoms. The minimum Gasteiger partial charge on any atom is -0.391 e. The lowest BCUT2D eigenvalue weighted by molar-refractivity contribution is -0.143. The maximum atomic E-state index is 13.4. The van der Waals surface area contributed by atoms with E-state index in [1.807, 2.05) is 60.7 Å². The van der Waals surface area contributed by atoms with Crippen molar-refractivity contribution in [1.82, 2.24) is 10.2 Å². The van der Waals surface area contributed by atoms with Gasteiger partial charge in [-0.1, -0.05) is 67.6 Å². The van der Waals surface area contributed by atoms with Gasteiger partial charge in [0.05, 0.1) is 6.10 Å². The van der Waals surface area contributed by atoms with Gasteiger partial charge >= 0.3 is 0 Å². The number of aliphatic hydroxyl groups excluding tert-OH is 1. The summed E-state index contributed by atoms with van der Waals surface area (Å²) >= 11 is 0. The molecule has 0 saturated carbocycles. The van der Waals surface area contributed by atoms with Gasteiger partial charge in [-0.05, 0) is 17.5 Å². The fourth-order valence-electron chi connectivity index (χ4n) is 3.54. The molecule has 3 amide bonds. The number of imide groups is 1. The van der Waals surface area contributed by atoms with Crippen molar-refractivity contribution in [2.45, 2.75) is 31.3 Å². The van der Waals surface area contributed by atoms with E-state index in [-0.39, 0.29) is 25.4 Å². The van der Waals surface area contributed by atoms with E-state index in [2.05, 4.69) is 5.32 Å². The van der Waals surface area contributed by atoms with Gasteiger partial charge in [0, 0.05) is 13.0 Å². The van der Waals surface area contributed by atoms with Gasteiger partial charge < -0.3 is 10.4 Å². The summed E-state index contributed by atoms with van der Waals surface area (Å²) in [6, 6.07) is 18.4. The van der Waals surface area contributed by atoms with E-state index in [4.69, 9.17) is 0 Å². The van der Waals surface area contributed by atoms with Crippen LogP contribution in [-0.4, -0.2) is 46.9 Å². The minimum atomic E-state index is -1.14. The molecule has 2 aromatic rings. The van der Waals surface area contributed by atoms with Crippen LogP contribution in [0.3, 0.4) is 0 Å². The van der Waals surface area contributed by atoms with Crippen LogP contribution in [0.25, 0.3) is 0 Å². The number of hydrogen-bond acceptors (Lipinski definition) is 4. The summed E-state index contributed by atoms with van der Waals surface area (Å²) in [6.45, 7) is 1.54. The second kappa shape index (κ2) is 8.35. The predicted octanol–water partition coefficient (Wildman–Crippen LogP) is 1.62. The highest BCUT2D eigenvalue weighted by Gasteiger charge is 2.54. The van der Waals surface area contributed by atoms with Crippen molar-refractivity contribution in [3.63, 3.8) is 0 Å². The molecule has 3 rings (SSSR count). The molecule has 6 heteroatoms. The van der Waals surface area contributed by atoms with Gasteiger partial charge in [-0.2, -0.15) is 0 Å². The molecule has 1 unspecified atom stereocenters. The van der Waals surface area contributed by atoms with Crippen molar-refractivity contribution in [2.24, 2.45) is 0 Å². The summed E-state index contributed by atoms with van der Waals surface area (Å²) < 4.78 is 0. The molecule has 2 N–H and O–H groups in total. The second-order valence-electron chi connectivity index (χ2n) is 6.97. The normalized spacial score (nSPS) is 16.9. The van der Waals surface area contributed by atoms with Crippen LogP contribution in [-0.2, 0) is 19.8 Å². The number of aliphatic hydroxyl groups is 1. The number of hydrogen-bond donors (Lipinski definition) is 2. The smallest absolute Gasteiger partial charge is 0.245 e. The van der Waals surface area contributed by atoms with E-state index >= 15 is 0 Å². The van der Waals surface area contributed by atoms with Crippen LogP contribution in [0.5, 0.6) is 0 Å². The molecule has 1 fully saturated rings. The van der Waals surface area contributed by atoms with Gasteiger partial charge in [0.2, 0.25) is 17.7 Å². The zero-order valence-corrected chi connectivity index (χ0v) is 15.8. The largest absolute Gasteiger partial charge is 0.391 e. The van der Waals surface area contributed by atoms with E-state index in [0.29, 0.717) is 6.42 Å². The maximum Gasteiger partial charge on any atom is 0.245 e. The Balaban J connectivity index is 1.90. The Bertz CT molecular complexity index is 812. The molecule has 0 radical (unpaired) electrons. The third-order valence-electron chi connectivity index (χ3n) is 5.17. The van der Waals surface area contributed by atoms with Crippen LogP contribution in [0, 0.1) is 0 Å². The molecule has 1 aliphatic heterocycles. The van der Waals surface area contributed by atoms with Crippen LogP contribution >= 0.6 is 0 Å². The van der Waals surface area contributed by atoms with Gasteiger partial charge in [-0.15, -0.1) is 0 Å². The number of carbonyl (C=O) groups excluding carboxylic acids is 3. The van der Waals surface area contributed by atoms with Crippen molar-refractivity contribution in [3.05, 3.63) is 71.8 Å². The second-order valence-corrected chi connectivity index (χ2v) is 6.97. The van der Waals surface area contributed by atoms with Gasteiger partial charge in [0.25, 0.3) is 0 Å². The summed E-state index contributed by atoms with van der Waals surface area (Å²) in [6.07, 6.45) is -0.167. The molecule has 0 bridgehead atoms. The molecule has 6 nitrogen and oxygen atoms in total. The number of nitrogens with one attached hydrogen (secondary N) is 1. The number of amides is 3. The Labute approximate surface area is 164 Å². The first-order valence-corrected chi connectivity index (χ1v) is 9.39. The molecule has 1 saturated heterocycles. The molecule has 0 spiro atoms. The third kappa shape index (κ3) is 3.68. The summed E-state index contributed by atoms with van der Waals surface area (Å²) in [5.41, 5.74) is 0.316. The molecular weight excluding hydrogens is 356 g/mol. The quantitative estimate of drug-likeness (QED) is 0.715. The third-order valence-corrected chi connectivity index (χ3v) is 5.17. The summed E-state index contributed by atoms with van der Waals surface area (Å²) in [5.74, 6) is -1.25. The SMILES string of the molecule is CCC(O)CNC(=O)CN1C(=O)CC(c2ccccc2)(c2ccccc2)C1=O. The van der Waals surface area contributed by atoms with E-state index in [1.165, 1.54) is 0 Å². The Kier molecular flexibility index (Phi) is 5.90. The lowest BCUT2D eigenvalue weighted by atomic mass is 9.73. The maximum absolute atomic E-state index is 13.4. The van der Waals surface area contributed by atoms with Gasteiger partial charge in [-0.25, -0.2) is 0 Å². The Morgan fingerprint density at radius 2 is 1.61 bits per heavy atom.